The lowest BCUT2D eigenvalue weighted by Crippen LogP contribution is -2.44. The summed E-state index contributed by atoms with van der Waals surface area (Å²) in [7, 11) is 2.16. The zero-order valence-electron chi connectivity index (χ0n) is 17.2. The summed E-state index contributed by atoms with van der Waals surface area (Å²) in [4.78, 5) is 26.1. The Morgan fingerprint density at radius 3 is 2.61 bits per heavy atom. The fourth-order valence-corrected chi connectivity index (χ4v) is 4.14. The summed E-state index contributed by atoms with van der Waals surface area (Å²) in [6.45, 7) is 4.22. The van der Waals surface area contributed by atoms with Gasteiger partial charge in [-0.15, -0.1) is 0 Å². The standard InChI is InChI=1S/C23H23ClN6O/c1-29-8-10-30(11-9-29)18-5-3-17(4-6-18)26-23-25-14-15-12-21(31)27-20-13-16(24)2-7-19(20)22(15)28-23/h2-7,13-14H,8-12H2,1H3,(H,27,31)(H,25,26,28). The number of likely N-dealkylation sites (N-methyl/N-ethyl adjacent to an activating group) is 1. The third kappa shape index (κ3) is 4.19. The molecule has 1 saturated heterocycles. The van der Waals surface area contributed by atoms with Crippen LogP contribution in [0.3, 0.4) is 0 Å². The Balaban J connectivity index is 1.39. The maximum atomic E-state index is 12.2. The summed E-state index contributed by atoms with van der Waals surface area (Å²) in [6, 6.07) is 13.8. The van der Waals surface area contributed by atoms with Gasteiger partial charge in [0.2, 0.25) is 11.9 Å². The minimum atomic E-state index is -0.105. The van der Waals surface area contributed by atoms with E-state index in [0.29, 0.717) is 16.7 Å². The second kappa shape index (κ2) is 8.17. The highest BCUT2D eigenvalue weighted by atomic mass is 35.5. The van der Waals surface area contributed by atoms with Gasteiger partial charge in [0, 0.05) is 59.9 Å². The molecule has 0 bridgehead atoms. The second-order valence-electron chi connectivity index (χ2n) is 7.94. The quantitative estimate of drug-likeness (QED) is 0.653. The molecule has 0 radical (unpaired) electrons. The van der Waals surface area contributed by atoms with Gasteiger partial charge >= 0.3 is 0 Å². The molecule has 31 heavy (non-hydrogen) atoms. The normalized spacial score (nSPS) is 16.2. The summed E-state index contributed by atoms with van der Waals surface area (Å²) < 4.78 is 0. The van der Waals surface area contributed by atoms with Gasteiger partial charge in [0.1, 0.15) is 0 Å². The largest absolute Gasteiger partial charge is 0.369 e. The minimum absolute atomic E-state index is 0.105. The lowest BCUT2D eigenvalue weighted by Gasteiger charge is -2.34. The first-order valence-electron chi connectivity index (χ1n) is 10.3. The van der Waals surface area contributed by atoms with E-state index in [1.807, 2.05) is 18.2 Å². The van der Waals surface area contributed by atoms with Crippen LogP contribution in [0.2, 0.25) is 5.02 Å². The van der Waals surface area contributed by atoms with Gasteiger partial charge in [-0.3, -0.25) is 4.79 Å². The van der Waals surface area contributed by atoms with Crippen molar-refractivity contribution in [2.75, 3.05) is 48.8 Å². The number of rotatable bonds is 3. The first-order chi connectivity index (χ1) is 15.0. The highest BCUT2D eigenvalue weighted by Crippen LogP contribution is 2.35. The van der Waals surface area contributed by atoms with Crippen LogP contribution in [-0.4, -0.2) is 54.0 Å². The van der Waals surface area contributed by atoms with E-state index >= 15 is 0 Å². The Bertz CT molecular complexity index is 1130. The molecule has 3 heterocycles. The van der Waals surface area contributed by atoms with Crippen molar-refractivity contribution in [3.63, 3.8) is 0 Å². The monoisotopic (exact) mass is 434 g/mol. The van der Waals surface area contributed by atoms with Crippen LogP contribution < -0.4 is 15.5 Å². The minimum Gasteiger partial charge on any atom is -0.369 e. The number of amides is 1. The van der Waals surface area contributed by atoms with Crippen LogP contribution in [0.25, 0.3) is 11.3 Å². The molecule has 5 rings (SSSR count). The Morgan fingerprint density at radius 2 is 1.84 bits per heavy atom. The number of fused-ring (bicyclic) bond motifs is 3. The summed E-state index contributed by atoms with van der Waals surface area (Å²) in [5, 5.41) is 6.75. The van der Waals surface area contributed by atoms with Gasteiger partial charge in [-0.2, -0.15) is 0 Å². The van der Waals surface area contributed by atoms with Crippen LogP contribution in [0.5, 0.6) is 0 Å². The average Bonchev–Trinajstić information content (AvgIpc) is 2.89. The van der Waals surface area contributed by atoms with Crippen molar-refractivity contribution in [3.8, 4) is 11.3 Å². The number of aromatic nitrogens is 2. The predicted molar refractivity (Wildman–Crippen MR) is 124 cm³/mol. The highest BCUT2D eigenvalue weighted by molar-refractivity contribution is 6.31. The number of hydrogen-bond acceptors (Lipinski definition) is 6. The smallest absolute Gasteiger partial charge is 0.228 e. The lowest BCUT2D eigenvalue weighted by atomic mass is 10.1. The zero-order valence-corrected chi connectivity index (χ0v) is 18.0. The van der Waals surface area contributed by atoms with E-state index in [0.717, 1.165) is 48.7 Å². The van der Waals surface area contributed by atoms with Crippen molar-refractivity contribution in [1.82, 2.24) is 14.9 Å². The van der Waals surface area contributed by atoms with Crippen molar-refractivity contribution in [1.29, 1.82) is 0 Å². The van der Waals surface area contributed by atoms with E-state index in [1.165, 1.54) is 5.69 Å². The lowest BCUT2D eigenvalue weighted by molar-refractivity contribution is -0.115. The average molecular weight is 435 g/mol. The fourth-order valence-electron chi connectivity index (χ4n) is 3.97. The number of benzene rings is 2. The van der Waals surface area contributed by atoms with E-state index < -0.39 is 0 Å². The summed E-state index contributed by atoms with van der Waals surface area (Å²) in [6.07, 6.45) is 1.94. The number of carbonyl (C=O) groups is 1. The second-order valence-corrected chi connectivity index (χ2v) is 8.38. The van der Waals surface area contributed by atoms with Gasteiger partial charge in [-0.05, 0) is 49.5 Å². The topological polar surface area (TPSA) is 73.4 Å². The number of piperazine rings is 1. The van der Waals surface area contributed by atoms with Crippen LogP contribution in [-0.2, 0) is 11.2 Å². The van der Waals surface area contributed by atoms with Crippen molar-refractivity contribution in [2.24, 2.45) is 0 Å². The Labute approximate surface area is 186 Å². The Hall–Kier alpha value is -3.16. The van der Waals surface area contributed by atoms with Gasteiger partial charge in [0.05, 0.1) is 17.8 Å². The molecule has 8 heteroatoms. The van der Waals surface area contributed by atoms with Crippen molar-refractivity contribution in [2.45, 2.75) is 6.42 Å². The predicted octanol–water partition coefficient (Wildman–Crippen LogP) is 3.79. The molecule has 2 aliphatic rings. The molecule has 2 N–H and O–H groups in total. The molecule has 1 aromatic heterocycles. The first kappa shape index (κ1) is 19.8. The number of halogens is 1. The maximum Gasteiger partial charge on any atom is 0.228 e. The van der Waals surface area contributed by atoms with Crippen LogP contribution in [0.15, 0.2) is 48.7 Å². The van der Waals surface area contributed by atoms with Crippen molar-refractivity contribution >= 4 is 40.5 Å². The summed E-state index contributed by atoms with van der Waals surface area (Å²) in [5.41, 5.74) is 5.15. The van der Waals surface area contributed by atoms with Gasteiger partial charge in [0.15, 0.2) is 0 Å². The van der Waals surface area contributed by atoms with Crippen molar-refractivity contribution < 1.29 is 4.79 Å². The molecule has 1 amide bonds. The van der Waals surface area contributed by atoms with Crippen molar-refractivity contribution in [3.05, 3.63) is 59.2 Å². The molecular weight excluding hydrogens is 412 g/mol. The number of anilines is 4. The van der Waals surface area contributed by atoms with Gasteiger partial charge < -0.3 is 20.4 Å². The summed E-state index contributed by atoms with van der Waals surface area (Å²) >= 11 is 6.12. The molecule has 0 atom stereocenters. The number of carbonyl (C=O) groups excluding carboxylic acids is 1. The van der Waals surface area contributed by atoms with E-state index in [4.69, 9.17) is 16.6 Å². The third-order valence-electron chi connectivity index (χ3n) is 5.72. The van der Waals surface area contributed by atoms with E-state index in [-0.39, 0.29) is 12.3 Å². The van der Waals surface area contributed by atoms with Gasteiger partial charge in [0.25, 0.3) is 0 Å². The van der Waals surface area contributed by atoms with Crippen LogP contribution in [0.4, 0.5) is 23.0 Å². The van der Waals surface area contributed by atoms with Crippen LogP contribution in [0.1, 0.15) is 5.56 Å². The fraction of sp³-hybridized carbons (Fsp3) is 0.261. The zero-order chi connectivity index (χ0) is 21.4. The van der Waals surface area contributed by atoms with Gasteiger partial charge in [-0.25, -0.2) is 9.97 Å². The van der Waals surface area contributed by atoms with Crippen LogP contribution >= 0.6 is 11.6 Å². The molecule has 0 saturated carbocycles. The molecule has 0 unspecified atom stereocenters. The molecule has 7 nitrogen and oxygen atoms in total. The number of nitrogens with one attached hydrogen (secondary N) is 2. The molecule has 1 fully saturated rings. The SMILES string of the molecule is CN1CCN(c2ccc(Nc3ncc4c(n3)-c3ccc(Cl)cc3NC(=O)C4)cc2)CC1. The molecule has 158 valence electrons. The van der Waals surface area contributed by atoms with E-state index in [2.05, 4.69) is 44.6 Å². The maximum absolute atomic E-state index is 12.2. The molecule has 0 spiro atoms. The summed E-state index contributed by atoms with van der Waals surface area (Å²) in [5.74, 6) is 0.382. The number of hydrogen-bond donors (Lipinski definition) is 2. The van der Waals surface area contributed by atoms with E-state index in [9.17, 15) is 4.79 Å². The number of nitrogens with zero attached hydrogens (tertiary/aromatic N) is 4. The Kier molecular flexibility index (Phi) is 5.21. The highest BCUT2D eigenvalue weighted by Gasteiger charge is 2.21. The molecule has 2 aliphatic heterocycles. The molecular formula is C23H23ClN6O. The third-order valence-corrected chi connectivity index (χ3v) is 5.95. The molecule has 0 aliphatic carbocycles. The molecule has 3 aromatic rings. The van der Waals surface area contributed by atoms with E-state index in [1.54, 1.807) is 18.3 Å². The Morgan fingerprint density at radius 1 is 1.06 bits per heavy atom. The van der Waals surface area contributed by atoms with Gasteiger partial charge in [-0.1, -0.05) is 11.6 Å². The first-order valence-corrected chi connectivity index (χ1v) is 10.7. The molecule has 2 aromatic carbocycles. The van der Waals surface area contributed by atoms with Crippen LogP contribution in [0, 0.1) is 0 Å².